The summed E-state index contributed by atoms with van der Waals surface area (Å²) in [6.45, 7) is 3.66. The second kappa shape index (κ2) is 6.32. The van der Waals surface area contributed by atoms with Crippen molar-refractivity contribution in [1.82, 2.24) is 15.3 Å². The Kier molecular flexibility index (Phi) is 4.26. The molecule has 0 fully saturated rings. The van der Waals surface area contributed by atoms with Crippen molar-refractivity contribution in [2.45, 2.75) is 26.3 Å². The van der Waals surface area contributed by atoms with Gasteiger partial charge in [-0.25, -0.2) is 14.8 Å². The number of ether oxygens (including phenoxy) is 1. The van der Waals surface area contributed by atoms with Crippen LogP contribution in [0.5, 0.6) is 0 Å². The standard InChI is InChI=1S/C15H17N3O2S/c1-2-20-15(19)14-11-9-16-6-5-12(11)17-13(18-14)8-10-4-3-7-21-10/h3-4,7,16H,2,5-6,8-9H2,1H3. The molecule has 0 saturated heterocycles. The Labute approximate surface area is 127 Å². The van der Waals surface area contributed by atoms with Crippen molar-refractivity contribution in [2.75, 3.05) is 13.2 Å². The second-order valence-electron chi connectivity index (χ2n) is 4.82. The Morgan fingerprint density at radius 3 is 3.14 bits per heavy atom. The van der Waals surface area contributed by atoms with Gasteiger partial charge < -0.3 is 10.1 Å². The van der Waals surface area contributed by atoms with Crippen LogP contribution in [0.15, 0.2) is 17.5 Å². The van der Waals surface area contributed by atoms with Gasteiger partial charge in [-0.05, 0) is 18.4 Å². The molecule has 0 atom stereocenters. The van der Waals surface area contributed by atoms with Crippen LogP contribution >= 0.6 is 11.3 Å². The molecule has 1 N–H and O–H groups in total. The lowest BCUT2D eigenvalue weighted by molar-refractivity contribution is 0.0516. The van der Waals surface area contributed by atoms with Crippen LogP contribution in [0.25, 0.3) is 0 Å². The van der Waals surface area contributed by atoms with E-state index in [9.17, 15) is 4.79 Å². The lowest BCUT2D eigenvalue weighted by Gasteiger charge is -2.19. The van der Waals surface area contributed by atoms with E-state index in [2.05, 4.69) is 21.4 Å². The SMILES string of the molecule is CCOC(=O)c1nc(Cc2cccs2)nc2c1CNCC2. The third kappa shape index (κ3) is 3.11. The number of thiophene rings is 1. The highest BCUT2D eigenvalue weighted by Gasteiger charge is 2.23. The van der Waals surface area contributed by atoms with Gasteiger partial charge in [-0.15, -0.1) is 11.3 Å². The van der Waals surface area contributed by atoms with Crippen LogP contribution < -0.4 is 5.32 Å². The lowest BCUT2D eigenvalue weighted by atomic mass is 10.0. The highest BCUT2D eigenvalue weighted by atomic mass is 32.1. The lowest BCUT2D eigenvalue weighted by Crippen LogP contribution is -2.29. The molecule has 21 heavy (non-hydrogen) atoms. The Morgan fingerprint density at radius 2 is 2.38 bits per heavy atom. The fraction of sp³-hybridized carbons (Fsp3) is 0.400. The minimum Gasteiger partial charge on any atom is -0.461 e. The number of fused-ring (bicyclic) bond motifs is 1. The van der Waals surface area contributed by atoms with Gasteiger partial charge in [0.05, 0.1) is 12.3 Å². The monoisotopic (exact) mass is 303 g/mol. The number of esters is 1. The van der Waals surface area contributed by atoms with Crippen LogP contribution in [0, 0.1) is 0 Å². The average Bonchev–Trinajstić information content (AvgIpc) is 2.99. The third-order valence-electron chi connectivity index (χ3n) is 3.36. The van der Waals surface area contributed by atoms with E-state index < -0.39 is 0 Å². The van der Waals surface area contributed by atoms with E-state index in [0.29, 0.717) is 31.1 Å². The van der Waals surface area contributed by atoms with Gasteiger partial charge in [-0.3, -0.25) is 0 Å². The first-order valence-corrected chi connectivity index (χ1v) is 7.94. The minimum absolute atomic E-state index is 0.352. The van der Waals surface area contributed by atoms with E-state index in [1.165, 1.54) is 4.88 Å². The van der Waals surface area contributed by atoms with Crippen LogP contribution in [-0.2, 0) is 24.1 Å². The zero-order valence-corrected chi connectivity index (χ0v) is 12.7. The van der Waals surface area contributed by atoms with Crippen molar-refractivity contribution in [3.8, 4) is 0 Å². The highest BCUT2D eigenvalue weighted by Crippen LogP contribution is 2.19. The van der Waals surface area contributed by atoms with Gasteiger partial charge in [0.25, 0.3) is 0 Å². The summed E-state index contributed by atoms with van der Waals surface area (Å²) in [6, 6.07) is 4.06. The molecular formula is C15H17N3O2S. The van der Waals surface area contributed by atoms with Crippen molar-refractivity contribution in [1.29, 1.82) is 0 Å². The van der Waals surface area contributed by atoms with Gasteiger partial charge >= 0.3 is 5.97 Å². The van der Waals surface area contributed by atoms with Crippen molar-refractivity contribution in [3.63, 3.8) is 0 Å². The smallest absolute Gasteiger partial charge is 0.357 e. The summed E-state index contributed by atoms with van der Waals surface area (Å²) < 4.78 is 5.13. The number of carbonyl (C=O) groups is 1. The summed E-state index contributed by atoms with van der Waals surface area (Å²) in [5.74, 6) is 0.341. The molecule has 0 spiro atoms. The van der Waals surface area contributed by atoms with E-state index >= 15 is 0 Å². The molecule has 0 bridgehead atoms. The maximum Gasteiger partial charge on any atom is 0.357 e. The summed E-state index contributed by atoms with van der Waals surface area (Å²) in [7, 11) is 0. The molecular weight excluding hydrogens is 286 g/mol. The van der Waals surface area contributed by atoms with Gasteiger partial charge in [0.15, 0.2) is 5.69 Å². The predicted octanol–water partition coefficient (Wildman–Crippen LogP) is 1.95. The van der Waals surface area contributed by atoms with Crippen molar-refractivity contribution in [3.05, 3.63) is 45.2 Å². The summed E-state index contributed by atoms with van der Waals surface area (Å²) in [4.78, 5) is 22.4. The molecule has 110 valence electrons. The number of aromatic nitrogens is 2. The van der Waals surface area contributed by atoms with Crippen molar-refractivity contribution in [2.24, 2.45) is 0 Å². The number of hydrogen-bond acceptors (Lipinski definition) is 6. The van der Waals surface area contributed by atoms with Gasteiger partial charge in [-0.1, -0.05) is 6.07 Å². The summed E-state index contributed by atoms with van der Waals surface area (Å²) in [5, 5.41) is 5.29. The number of rotatable bonds is 4. The van der Waals surface area contributed by atoms with E-state index in [4.69, 9.17) is 4.74 Å². The molecule has 2 aromatic heterocycles. The quantitative estimate of drug-likeness (QED) is 0.875. The van der Waals surface area contributed by atoms with Crippen LogP contribution in [-0.4, -0.2) is 29.1 Å². The largest absolute Gasteiger partial charge is 0.461 e. The summed E-state index contributed by atoms with van der Waals surface area (Å²) in [5.41, 5.74) is 2.27. The number of nitrogens with zero attached hydrogens (tertiary/aromatic N) is 2. The van der Waals surface area contributed by atoms with Gasteiger partial charge in [0, 0.05) is 36.4 Å². The maximum absolute atomic E-state index is 12.1. The van der Waals surface area contributed by atoms with Gasteiger partial charge in [0.1, 0.15) is 5.82 Å². The third-order valence-corrected chi connectivity index (χ3v) is 4.24. The molecule has 3 heterocycles. The average molecular weight is 303 g/mol. The zero-order valence-electron chi connectivity index (χ0n) is 11.9. The first-order valence-electron chi connectivity index (χ1n) is 7.06. The number of hydrogen-bond donors (Lipinski definition) is 1. The van der Waals surface area contributed by atoms with E-state index in [-0.39, 0.29) is 5.97 Å². The molecule has 0 aliphatic carbocycles. The predicted molar refractivity (Wildman–Crippen MR) is 80.5 cm³/mol. The molecule has 0 radical (unpaired) electrons. The molecule has 5 nitrogen and oxygen atoms in total. The minimum atomic E-state index is -0.354. The van der Waals surface area contributed by atoms with E-state index in [1.54, 1.807) is 18.3 Å². The molecule has 1 aliphatic heterocycles. The van der Waals surface area contributed by atoms with Crippen LogP contribution in [0.2, 0.25) is 0 Å². The second-order valence-corrected chi connectivity index (χ2v) is 5.85. The van der Waals surface area contributed by atoms with Gasteiger partial charge in [-0.2, -0.15) is 0 Å². The Balaban J connectivity index is 1.98. The van der Waals surface area contributed by atoms with Crippen LogP contribution in [0.1, 0.15) is 39.4 Å². The van der Waals surface area contributed by atoms with Crippen molar-refractivity contribution < 1.29 is 9.53 Å². The molecule has 0 unspecified atom stereocenters. The fourth-order valence-electron chi connectivity index (χ4n) is 2.41. The summed E-state index contributed by atoms with van der Waals surface area (Å²) in [6.07, 6.45) is 1.48. The normalized spacial score (nSPS) is 13.8. The summed E-state index contributed by atoms with van der Waals surface area (Å²) >= 11 is 1.67. The number of carbonyl (C=O) groups excluding carboxylic acids is 1. The molecule has 3 rings (SSSR count). The molecule has 0 saturated carbocycles. The topological polar surface area (TPSA) is 64.1 Å². The fourth-order valence-corrected chi connectivity index (χ4v) is 3.11. The number of nitrogens with one attached hydrogen (secondary N) is 1. The van der Waals surface area contributed by atoms with Gasteiger partial charge in [0.2, 0.25) is 0 Å². The molecule has 1 aliphatic rings. The molecule has 2 aromatic rings. The van der Waals surface area contributed by atoms with Crippen molar-refractivity contribution >= 4 is 17.3 Å². The highest BCUT2D eigenvalue weighted by molar-refractivity contribution is 7.09. The Hall–Kier alpha value is -1.79. The van der Waals surface area contributed by atoms with Crippen LogP contribution in [0.3, 0.4) is 0 Å². The Bertz CT molecular complexity index is 641. The maximum atomic E-state index is 12.1. The van der Waals surface area contributed by atoms with E-state index in [1.807, 2.05) is 11.4 Å². The molecule has 6 heteroatoms. The molecule has 0 aromatic carbocycles. The first kappa shape index (κ1) is 14.2. The first-order chi connectivity index (χ1) is 10.3. The zero-order chi connectivity index (χ0) is 14.7. The Morgan fingerprint density at radius 1 is 1.48 bits per heavy atom. The van der Waals surface area contributed by atoms with Crippen LogP contribution in [0.4, 0.5) is 0 Å². The van der Waals surface area contributed by atoms with E-state index in [0.717, 1.165) is 24.2 Å². The molecule has 0 amide bonds.